The highest BCUT2D eigenvalue weighted by Gasteiger charge is 2.10. The van der Waals surface area contributed by atoms with E-state index in [1.54, 1.807) is 25.1 Å². The lowest BCUT2D eigenvalue weighted by atomic mass is 10.0. The SMILES string of the molecule is Cc1nsc(NC(=O)c2ccc(C#CCCO)c(C)c2)n1. The van der Waals surface area contributed by atoms with Crippen LogP contribution in [0.5, 0.6) is 0 Å². The lowest BCUT2D eigenvalue weighted by Crippen LogP contribution is -2.12. The maximum absolute atomic E-state index is 12.1. The standard InChI is InChI=1S/C15H15N3O2S/c1-10-9-13(7-6-12(10)5-3-4-8-19)14(20)17-15-16-11(2)18-21-15/h6-7,9,19H,4,8H2,1-2H3,(H,16,17,18,20). The van der Waals surface area contributed by atoms with Crippen molar-refractivity contribution < 1.29 is 9.90 Å². The first-order valence-electron chi connectivity index (χ1n) is 6.42. The minimum atomic E-state index is -0.218. The van der Waals surface area contributed by atoms with Crippen molar-refractivity contribution in [3.8, 4) is 11.8 Å². The maximum atomic E-state index is 12.1. The molecule has 0 aliphatic heterocycles. The summed E-state index contributed by atoms with van der Waals surface area (Å²) in [4.78, 5) is 16.2. The van der Waals surface area contributed by atoms with E-state index in [0.717, 1.165) is 22.7 Å². The Morgan fingerprint density at radius 1 is 1.43 bits per heavy atom. The number of amides is 1. The highest BCUT2D eigenvalue weighted by Crippen LogP contribution is 2.14. The Kier molecular flexibility index (Phi) is 5.04. The molecular formula is C15H15N3O2S. The molecule has 21 heavy (non-hydrogen) atoms. The molecule has 2 rings (SSSR count). The number of anilines is 1. The van der Waals surface area contributed by atoms with Gasteiger partial charge in [-0.15, -0.1) is 0 Å². The van der Waals surface area contributed by atoms with Crippen LogP contribution in [0.15, 0.2) is 18.2 Å². The van der Waals surface area contributed by atoms with Crippen molar-refractivity contribution in [2.75, 3.05) is 11.9 Å². The van der Waals surface area contributed by atoms with E-state index in [4.69, 9.17) is 5.11 Å². The summed E-state index contributed by atoms with van der Waals surface area (Å²) in [6.07, 6.45) is 0.443. The molecule has 6 heteroatoms. The lowest BCUT2D eigenvalue weighted by molar-refractivity contribution is 0.102. The van der Waals surface area contributed by atoms with Gasteiger partial charge >= 0.3 is 0 Å². The van der Waals surface area contributed by atoms with Crippen molar-refractivity contribution in [1.29, 1.82) is 0 Å². The second-order valence-corrected chi connectivity index (χ2v) is 5.16. The molecule has 0 fully saturated rings. The van der Waals surface area contributed by atoms with Crippen LogP contribution in [0.3, 0.4) is 0 Å². The molecule has 0 aliphatic carbocycles. The number of aromatic nitrogens is 2. The highest BCUT2D eigenvalue weighted by molar-refractivity contribution is 7.09. The number of benzene rings is 1. The molecule has 0 atom stereocenters. The topological polar surface area (TPSA) is 75.1 Å². The van der Waals surface area contributed by atoms with Crippen molar-refractivity contribution >= 4 is 22.6 Å². The fourth-order valence-corrected chi connectivity index (χ4v) is 2.25. The quantitative estimate of drug-likeness (QED) is 0.852. The summed E-state index contributed by atoms with van der Waals surface area (Å²) in [5.41, 5.74) is 2.32. The molecule has 0 radical (unpaired) electrons. The molecule has 0 saturated heterocycles. The molecule has 0 saturated carbocycles. The molecule has 0 spiro atoms. The number of aryl methyl sites for hydroxylation is 2. The molecular weight excluding hydrogens is 286 g/mol. The van der Waals surface area contributed by atoms with Crippen LogP contribution in [0, 0.1) is 25.7 Å². The predicted molar refractivity (Wildman–Crippen MR) is 82.4 cm³/mol. The Hall–Kier alpha value is -2.23. The summed E-state index contributed by atoms with van der Waals surface area (Å²) in [6, 6.07) is 5.31. The van der Waals surface area contributed by atoms with Crippen molar-refractivity contribution in [1.82, 2.24) is 9.36 Å². The Morgan fingerprint density at radius 2 is 2.24 bits per heavy atom. The zero-order chi connectivity index (χ0) is 15.2. The fraction of sp³-hybridized carbons (Fsp3) is 0.267. The van der Waals surface area contributed by atoms with Gasteiger partial charge in [0.05, 0.1) is 6.61 Å². The summed E-state index contributed by atoms with van der Waals surface area (Å²) in [6.45, 7) is 3.72. The lowest BCUT2D eigenvalue weighted by Gasteiger charge is -2.04. The molecule has 1 aromatic carbocycles. The molecule has 108 valence electrons. The smallest absolute Gasteiger partial charge is 0.257 e. The average molecular weight is 301 g/mol. The normalized spacial score (nSPS) is 9.86. The van der Waals surface area contributed by atoms with Gasteiger partial charge in [0.1, 0.15) is 5.82 Å². The third-order valence-electron chi connectivity index (χ3n) is 2.70. The van der Waals surface area contributed by atoms with Gasteiger partial charge in [-0.25, -0.2) is 4.98 Å². The van der Waals surface area contributed by atoms with Crippen LogP contribution >= 0.6 is 11.5 Å². The van der Waals surface area contributed by atoms with Crippen molar-refractivity contribution in [3.63, 3.8) is 0 Å². The first-order chi connectivity index (χ1) is 10.1. The minimum absolute atomic E-state index is 0.0494. The first kappa shape index (κ1) is 15.2. The zero-order valence-electron chi connectivity index (χ0n) is 11.8. The van der Waals surface area contributed by atoms with Crippen LogP contribution in [-0.4, -0.2) is 27.0 Å². The Bertz CT molecular complexity index is 713. The number of hydrogen-bond donors (Lipinski definition) is 2. The van der Waals surface area contributed by atoms with Gasteiger partial charge in [-0.05, 0) is 37.6 Å². The van der Waals surface area contributed by atoms with Crippen LogP contribution in [0.2, 0.25) is 0 Å². The summed E-state index contributed by atoms with van der Waals surface area (Å²) in [5, 5.41) is 11.9. The second kappa shape index (κ2) is 6.97. The van der Waals surface area contributed by atoms with Gasteiger partial charge in [0.2, 0.25) is 5.13 Å². The zero-order valence-corrected chi connectivity index (χ0v) is 12.6. The van der Waals surface area contributed by atoms with Crippen molar-refractivity contribution in [3.05, 3.63) is 40.7 Å². The minimum Gasteiger partial charge on any atom is -0.395 e. The molecule has 2 aromatic rings. The highest BCUT2D eigenvalue weighted by atomic mass is 32.1. The van der Waals surface area contributed by atoms with Crippen LogP contribution in [0.4, 0.5) is 5.13 Å². The number of carbonyl (C=O) groups excluding carboxylic acids is 1. The molecule has 0 unspecified atom stereocenters. The van der Waals surface area contributed by atoms with Gasteiger partial charge in [0.15, 0.2) is 0 Å². The van der Waals surface area contributed by atoms with Crippen molar-refractivity contribution in [2.24, 2.45) is 0 Å². The van der Waals surface area contributed by atoms with Gasteiger partial charge < -0.3 is 5.11 Å². The van der Waals surface area contributed by atoms with E-state index in [1.807, 2.05) is 6.92 Å². The van der Waals surface area contributed by atoms with E-state index in [-0.39, 0.29) is 12.5 Å². The first-order valence-corrected chi connectivity index (χ1v) is 7.19. The van der Waals surface area contributed by atoms with E-state index < -0.39 is 0 Å². The van der Waals surface area contributed by atoms with Crippen molar-refractivity contribution in [2.45, 2.75) is 20.3 Å². The number of aliphatic hydroxyl groups is 1. The number of rotatable bonds is 3. The Balaban J connectivity index is 2.12. The van der Waals surface area contributed by atoms with Crippen LogP contribution in [-0.2, 0) is 0 Å². The van der Waals surface area contributed by atoms with E-state index in [0.29, 0.717) is 22.9 Å². The third-order valence-corrected chi connectivity index (χ3v) is 3.42. The maximum Gasteiger partial charge on any atom is 0.257 e. The van der Waals surface area contributed by atoms with Gasteiger partial charge in [-0.3, -0.25) is 10.1 Å². The molecule has 5 nitrogen and oxygen atoms in total. The molecule has 1 heterocycles. The number of aliphatic hydroxyl groups excluding tert-OH is 1. The number of carbonyl (C=O) groups is 1. The van der Waals surface area contributed by atoms with Crippen LogP contribution < -0.4 is 5.32 Å². The second-order valence-electron chi connectivity index (χ2n) is 4.41. The monoisotopic (exact) mass is 301 g/mol. The summed E-state index contributed by atoms with van der Waals surface area (Å²) in [7, 11) is 0. The van der Waals surface area contributed by atoms with Crippen LogP contribution in [0.1, 0.15) is 33.7 Å². The third kappa shape index (κ3) is 4.12. The molecule has 0 aliphatic rings. The molecule has 1 aromatic heterocycles. The predicted octanol–water partition coefficient (Wildman–Crippen LogP) is 2.14. The summed E-state index contributed by atoms with van der Waals surface area (Å²) in [5.74, 6) is 6.26. The summed E-state index contributed by atoms with van der Waals surface area (Å²) < 4.78 is 4.01. The number of nitrogens with one attached hydrogen (secondary N) is 1. The molecule has 2 N–H and O–H groups in total. The molecule has 0 bridgehead atoms. The van der Waals surface area contributed by atoms with Crippen LogP contribution in [0.25, 0.3) is 0 Å². The van der Waals surface area contributed by atoms with E-state index in [2.05, 4.69) is 26.5 Å². The van der Waals surface area contributed by atoms with Gasteiger partial charge in [-0.1, -0.05) is 11.8 Å². The Labute approximate surface area is 127 Å². The van der Waals surface area contributed by atoms with E-state index in [9.17, 15) is 4.79 Å². The fourth-order valence-electron chi connectivity index (χ4n) is 1.68. The molecule has 1 amide bonds. The average Bonchev–Trinajstić information content (AvgIpc) is 2.86. The van der Waals surface area contributed by atoms with E-state index >= 15 is 0 Å². The van der Waals surface area contributed by atoms with Gasteiger partial charge in [0, 0.05) is 29.1 Å². The largest absolute Gasteiger partial charge is 0.395 e. The Morgan fingerprint density at radius 3 is 2.86 bits per heavy atom. The summed E-state index contributed by atoms with van der Waals surface area (Å²) >= 11 is 1.15. The van der Waals surface area contributed by atoms with E-state index in [1.165, 1.54) is 0 Å². The number of hydrogen-bond acceptors (Lipinski definition) is 5. The van der Waals surface area contributed by atoms with Gasteiger partial charge in [0.25, 0.3) is 5.91 Å². The number of nitrogens with zero attached hydrogens (tertiary/aromatic N) is 2. The van der Waals surface area contributed by atoms with Gasteiger partial charge in [-0.2, -0.15) is 4.37 Å².